The molecule has 210 valence electrons. The minimum absolute atomic E-state index is 0.222. The fourth-order valence-corrected chi connectivity index (χ4v) is 7.44. The third-order valence-corrected chi connectivity index (χ3v) is 10.1. The number of carbonyl (C=O) groups is 1. The number of alkyl halides is 4. The molecule has 1 aromatic carbocycles. The summed E-state index contributed by atoms with van der Waals surface area (Å²) < 4.78 is 92.3. The van der Waals surface area contributed by atoms with Gasteiger partial charge in [-0.3, -0.25) is 9.53 Å². The molecule has 0 aromatic heterocycles. The van der Waals surface area contributed by atoms with Crippen molar-refractivity contribution >= 4 is 21.4 Å². The fourth-order valence-electron chi connectivity index (χ4n) is 5.03. The Balaban J connectivity index is 1.79. The molecule has 0 radical (unpaired) electrons. The summed E-state index contributed by atoms with van der Waals surface area (Å²) in [7, 11) is -5.05. The Morgan fingerprint density at radius 3 is 2.16 bits per heavy atom. The predicted octanol–water partition coefficient (Wildman–Crippen LogP) is 5.35. The van der Waals surface area contributed by atoms with Crippen LogP contribution in [0.3, 0.4) is 0 Å². The monoisotopic (exact) mass is 559 g/mol. The van der Waals surface area contributed by atoms with E-state index in [2.05, 4.69) is 9.64 Å². The van der Waals surface area contributed by atoms with E-state index in [0.29, 0.717) is 11.1 Å². The van der Waals surface area contributed by atoms with Crippen molar-refractivity contribution in [3.05, 3.63) is 54.1 Å². The number of ether oxygens (including phenoxy) is 2. The summed E-state index contributed by atoms with van der Waals surface area (Å²) in [6.45, 7) is 5.14. The van der Waals surface area contributed by atoms with Gasteiger partial charge in [-0.05, 0) is 63.7 Å². The summed E-state index contributed by atoms with van der Waals surface area (Å²) in [4.78, 5) is 12.7. The van der Waals surface area contributed by atoms with E-state index in [4.69, 9.17) is 4.74 Å². The van der Waals surface area contributed by atoms with Crippen molar-refractivity contribution in [1.82, 2.24) is 4.90 Å². The first-order valence-electron chi connectivity index (χ1n) is 12.7. The highest BCUT2D eigenvalue weighted by molar-refractivity contribution is 7.95. The highest BCUT2D eigenvalue weighted by Crippen LogP contribution is 2.48. The van der Waals surface area contributed by atoms with Gasteiger partial charge in [0.1, 0.15) is 5.60 Å². The molecule has 1 saturated heterocycles. The van der Waals surface area contributed by atoms with Gasteiger partial charge in [0.15, 0.2) is 9.68 Å². The van der Waals surface area contributed by atoms with Crippen molar-refractivity contribution in [2.24, 2.45) is 0 Å². The van der Waals surface area contributed by atoms with Crippen molar-refractivity contribution in [3.63, 3.8) is 0 Å². The van der Waals surface area contributed by atoms with Gasteiger partial charge in [-0.25, -0.2) is 17.2 Å². The van der Waals surface area contributed by atoms with Crippen LogP contribution in [-0.4, -0.2) is 66.2 Å². The molecule has 3 aliphatic rings. The zero-order valence-electron chi connectivity index (χ0n) is 21.6. The second-order valence-corrected chi connectivity index (χ2v) is 13.6. The quantitative estimate of drug-likeness (QED) is 0.316. The lowest BCUT2D eigenvalue weighted by Crippen LogP contribution is -2.63. The largest absolute Gasteiger partial charge is 0.459 e. The first-order valence-corrected chi connectivity index (χ1v) is 14.1. The van der Waals surface area contributed by atoms with Gasteiger partial charge in [-0.1, -0.05) is 42.5 Å². The molecule has 0 amide bonds. The van der Waals surface area contributed by atoms with Crippen molar-refractivity contribution in [2.75, 3.05) is 13.1 Å². The molecule has 1 saturated carbocycles. The SMILES string of the molecule is CC(C)(C)OC(=O)C1(S(=O)(=O)C2(OC(F)(F)C(F)F)C=CC(c3ccccc3)=CC2)CCN(C2CC2)CC1. The first kappa shape index (κ1) is 28.8. The van der Waals surface area contributed by atoms with Crippen LogP contribution in [0.15, 0.2) is 48.6 Å². The summed E-state index contributed by atoms with van der Waals surface area (Å²) in [6, 6.07) is 9.03. The number of rotatable bonds is 8. The van der Waals surface area contributed by atoms with Crippen LogP contribution in [0.1, 0.15) is 58.4 Å². The Hall–Kier alpha value is -2.24. The van der Waals surface area contributed by atoms with E-state index in [1.807, 2.05) is 0 Å². The molecule has 0 spiro atoms. The molecule has 1 aliphatic heterocycles. The molecular formula is C27H33F4NO5S. The zero-order chi connectivity index (χ0) is 28.0. The average molecular weight is 560 g/mol. The van der Waals surface area contributed by atoms with Crippen LogP contribution in [-0.2, 0) is 24.1 Å². The van der Waals surface area contributed by atoms with Crippen molar-refractivity contribution < 1.29 is 40.2 Å². The van der Waals surface area contributed by atoms with Crippen LogP contribution in [0.4, 0.5) is 17.6 Å². The van der Waals surface area contributed by atoms with Gasteiger partial charge in [0.05, 0.1) is 0 Å². The van der Waals surface area contributed by atoms with Gasteiger partial charge in [0.25, 0.3) is 0 Å². The molecule has 2 fully saturated rings. The Morgan fingerprint density at radius 2 is 1.68 bits per heavy atom. The normalized spacial score (nSPS) is 24.8. The van der Waals surface area contributed by atoms with Gasteiger partial charge < -0.3 is 9.64 Å². The minimum Gasteiger partial charge on any atom is -0.459 e. The molecule has 38 heavy (non-hydrogen) atoms. The molecule has 2 aliphatic carbocycles. The predicted molar refractivity (Wildman–Crippen MR) is 134 cm³/mol. The highest BCUT2D eigenvalue weighted by atomic mass is 32.2. The topological polar surface area (TPSA) is 72.9 Å². The number of esters is 1. The molecule has 1 heterocycles. The van der Waals surface area contributed by atoms with Crippen LogP contribution >= 0.6 is 0 Å². The number of nitrogens with zero attached hydrogens (tertiary/aromatic N) is 1. The van der Waals surface area contributed by atoms with E-state index < -0.39 is 50.0 Å². The Morgan fingerprint density at radius 1 is 1.08 bits per heavy atom. The van der Waals surface area contributed by atoms with Gasteiger partial charge in [-0.15, -0.1) is 0 Å². The molecule has 1 aromatic rings. The van der Waals surface area contributed by atoms with Crippen molar-refractivity contribution in [2.45, 2.75) is 86.7 Å². The molecule has 6 nitrogen and oxygen atoms in total. The number of benzene rings is 1. The van der Waals surface area contributed by atoms with E-state index in [9.17, 15) is 30.8 Å². The van der Waals surface area contributed by atoms with Crippen LogP contribution in [0.2, 0.25) is 0 Å². The first-order chi connectivity index (χ1) is 17.6. The maximum absolute atomic E-state index is 14.5. The summed E-state index contributed by atoms with van der Waals surface area (Å²) in [5.74, 6) is -1.09. The van der Waals surface area contributed by atoms with Crippen LogP contribution in [0, 0.1) is 0 Å². The third kappa shape index (κ3) is 5.42. The smallest absolute Gasteiger partial charge is 0.418 e. The van der Waals surface area contributed by atoms with Gasteiger partial charge in [0.2, 0.25) is 9.84 Å². The zero-order valence-corrected chi connectivity index (χ0v) is 22.4. The fraction of sp³-hybridized carbons (Fsp3) is 0.593. The van der Waals surface area contributed by atoms with Crippen molar-refractivity contribution in [3.8, 4) is 0 Å². The number of likely N-dealkylation sites (tertiary alicyclic amines) is 1. The molecule has 0 N–H and O–H groups in total. The maximum Gasteiger partial charge on any atom is 0.418 e. The molecule has 11 heteroatoms. The summed E-state index contributed by atoms with van der Waals surface area (Å²) in [5, 5.41) is 0. The number of hydrogen-bond donors (Lipinski definition) is 0. The lowest BCUT2D eigenvalue weighted by molar-refractivity contribution is -0.319. The Kier molecular flexibility index (Phi) is 7.61. The number of allylic oxidation sites excluding steroid dienone is 2. The molecule has 0 bridgehead atoms. The van der Waals surface area contributed by atoms with Gasteiger partial charge in [-0.2, -0.15) is 8.78 Å². The average Bonchev–Trinajstić information content (AvgIpc) is 3.69. The van der Waals surface area contributed by atoms with Gasteiger partial charge in [0, 0.05) is 25.6 Å². The van der Waals surface area contributed by atoms with E-state index in [0.717, 1.165) is 18.9 Å². The molecule has 1 unspecified atom stereocenters. The number of halogens is 4. The van der Waals surface area contributed by atoms with E-state index >= 15 is 0 Å². The van der Waals surface area contributed by atoms with Crippen LogP contribution in [0.5, 0.6) is 0 Å². The number of piperidine rings is 1. The molecular weight excluding hydrogens is 526 g/mol. The minimum atomic E-state index is -5.08. The standard InChI is InChI=1S/C27H33F4NO5S/c1-24(2,3)36-23(33)25(15-17-32(18-16-25)21-9-10-21)38(34,35)26(37-27(30,31)22(28)29)13-11-20(12-14-26)19-7-5-4-6-8-19/h4-8,11-13,21-22H,9-10,14-18H2,1-3H3. The highest BCUT2D eigenvalue weighted by Gasteiger charge is 2.65. The summed E-state index contributed by atoms with van der Waals surface area (Å²) >= 11 is 0. The Labute approximate surface area is 220 Å². The summed E-state index contributed by atoms with van der Waals surface area (Å²) in [5.41, 5.74) is 0.113. The second-order valence-electron chi connectivity index (χ2n) is 11.1. The number of sulfone groups is 1. The van der Waals surface area contributed by atoms with E-state index in [-0.39, 0.29) is 32.0 Å². The van der Waals surface area contributed by atoms with E-state index in [1.165, 1.54) is 12.2 Å². The Bertz CT molecular complexity index is 1200. The summed E-state index contributed by atoms with van der Waals surface area (Å²) in [6.07, 6.45) is -5.10. The lowest BCUT2D eigenvalue weighted by atomic mass is 9.95. The van der Waals surface area contributed by atoms with E-state index in [1.54, 1.807) is 51.1 Å². The maximum atomic E-state index is 14.5. The third-order valence-electron chi connectivity index (χ3n) is 7.20. The molecule has 4 rings (SSSR count). The van der Waals surface area contributed by atoms with Crippen LogP contribution in [0.25, 0.3) is 5.57 Å². The number of hydrogen-bond acceptors (Lipinski definition) is 6. The molecule has 1 atom stereocenters. The van der Waals surface area contributed by atoms with Gasteiger partial charge >= 0.3 is 18.5 Å². The number of carbonyl (C=O) groups excluding carboxylic acids is 1. The second kappa shape index (κ2) is 10.1. The van der Waals surface area contributed by atoms with Crippen LogP contribution < -0.4 is 0 Å². The lowest BCUT2D eigenvalue weighted by Gasteiger charge is -2.46. The van der Waals surface area contributed by atoms with Crippen molar-refractivity contribution in [1.29, 1.82) is 0 Å².